The first-order valence-corrected chi connectivity index (χ1v) is 5.50. The molecule has 2 rings (SSSR count). The SMILES string of the molecule is Cc1cc(C(=O)Nc2cccc(F)c2)nc(Cl)n1. The fourth-order valence-corrected chi connectivity index (χ4v) is 1.63. The quantitative estimate of drug-likeness (QED) is 0.850. The van der Waals surface area contributed by atoms with Crippen LogP contribution in [0.3, 0.4) is 0 Å². The van der Waals surface area contributed by atoms with Gasteiger partial charge in [-0.1, -0.05) is 6.07 Å². The van der Waals surface area contributed by atoms with Crippen molar-refractivity contribution in [2.24, 2.45) is 0 Å². The van der Waals surface area contributed by atoms with Gasteiger partial charge in [-0.3, -0.25) is 4.79 Å². The molecule has 6 heteroatoms. The third-order valence-electron chi connectivity index (χ3n) is 2.14. The molecule has 0 saturated heterocycles. The maximum absolute atomic E-state index is 13.0. The number of anilines is 1. The average Bonchev–Trinajstić information content (AvgIpc) is 2.27. The third kappa shape index (κ3) is 3.01. The van der Waals surface area contributed by atoms with Crippen LogP contribution in [0.4, 0.5) is 10.1 Å². The summed E-state index contributed by atoms with van der Waals surface area (Å²) < 4.78 is 13.0. The van der Waals surface area contributed by atoms with E-state index in [0.717, 1.165) is 0 Å². The van der Waals surface area contributed by atoms with Crippen molar-refractivity contribution in [2.45, 2.75) is 6.92 Å². The number of halogens is 2. The molecule has 1 N–H and O–H groups in total. The van der Waals surface area contributed by atoms with E-state index in [4.69, 9.17) is 11.6 Å². The Labute approximate surface area is 108 Å². The molecule has 1 aromatic carbocycles. The number of amides is 1. The maximum atomic E-state index is 13.0. The topological polar surface area (TPSA) is 54.9 Å². The maximum Gasteiger partial charge on any atom is 0.274 e. The van der Waals surface area contributed by atoms with Crippen molar-refractivity contribution in [3.63, 3.8) is 0 Å². The van der Waals surface area contributed by atoms with Crippen LogP contribution < -0.4 is 5.32 Å². The summed E-state index contributed by atoms with van der Waals surface area (Å²) in [4.78, 5) is 19.5. The van der Waals surface area contributed by atoms with Gasteiger partial charge in [-0.25, -0.2) is 14.4 Å². The van der Waals surface area contributed by atoms with E-state index in [1.165, 1.54) is 24.3 Å². The molecule has 92 valence electrons. The molecule has 4 nitrogen and oxygen atoms in total. The number of nitrogens with zero attached hydrogens (tertiary/aromatic N) is 2. The second-order valence-corrected chi connectivity index (χ2v) is 3.97. The highest BCUT2D eigenvalue weighted by molar-refractivity contribution is 6.28. The minimum absolute atomic E-state index is 0.000563. The predicted molar refractivity (Wildman–Crippen MR) is 66.1 cm³/mol. The molecule has 1 heterocycles. The van der Waals surface area contributed by atoms with Gasteiger partial charge in [0.05, 0.1) is 0 Å². The molecular formula is C12H9ClFN3O. The highest BCUT2D eigenvalue weighted by Crippen LogP contribution is 2.12. The van der Waals surface area contributed by atoms with Crippen molar-refractivity contribution in [2.75, 3.05) is 5.32 Å². The lowest BCUT2D eigenvalue weighted by Crippen LogP contribution is -2.14. The fourth-order valence-electron chi connectivity index (χ4n) is 1.41. The first-order chi connectivity index (χ1) is 8.54. The molecule has 0 fully saturated rings. The predicted octanol–water partition coefficient (Wildman–Crippen LogP) is 2.83. The summed E-state index contributed by atoms with van der Waals surface area (Å²) in [5, 5.41) is 2.53. The van der Waals surface area contributed by atoms with Crippen LogP contribution in [-0.2, 0) is 0 Å². The van der Waals surface area contributed by atoms with Crippen molar-refractivity contribution in [1.82, 2.24) is 9.97 Å². The summed E-state index contributed by atoms with van der Waals surface area (Å²) in [6.45, 7) is 1.70. The first-order valence-electron chi connectivity index (χ1n) is 5.13. The van der Waals surface area contributed by atoms with Crippen LogP contribution in [0.2, 0.25) is 5.28 Å². The van der Waals surface area contributed by atoms with E-state index < -0.39 is 11.7 Å². The van der Waals surface area contributed by atoms with Gasteiger partial charge in [0.25, 0.3) is 5.91 Å². The summed E-state index contributed by atoms with van der Waals surface area (Å²) in [6, 6.07) is 7.09. The van der Waals surface area contributed by atoms with Gasteiger partial charge in [-0.05, 0) is 42.8 Å². The molecular weight excluding hydrogens is 257 g/mol. The molecule has 0 spiro atoms. The highest BCUT2D eigenvalue weighted by atomic mass is 35.5. The zero-order valence-electron chi connectivity index (χ0n) is 9.45. The third-order valence-corrected chi connectivity index (χ3v) is 2.31. The van der Waals surface area contributed by atoms with Gasteiger partial charge in [0.1, 0.15) is 11.5 Å². The van der Waals surface area contributed by atoms with E-state index in [-0.39, 0.29) is 11.0 Å². The Morgan fingerprint density at radius 1 is 1.33 bits per heavy atom. The molecule has 1 amide bonds. The number of carbonyl (C=O) groups is 1. The molecule has 2 aromatic rings. The number of nitrogens with one attached hydrogen (secondary N) is 1. The van der Waals surface area contributed by atoms with E-state index in [1.807, 2.05) is 0 Å². The van der Waals surface area contributed by atoms with Crippen LogP contribution in [0.15, 0.2) is 30.3 Å². The highest BCUT2D eigenvalue weighted by Gasteiger charge is 2.10. The number of benzene rings is 1. The Bertz CT molecular complexity index is 583. The van der Waals surface area contributed by atoms with Crippen LogP contribution in [0, 0.1) is 12.7 Å². The van der Waals surface area contributed by atoms with E-state index >= 15 is 0 Å². The van der Waals surface area contributed by atoms with Gasteiger partial charge in [-0.2, -0.15) is 0 Å². The van der Waals surface area contributed by atoms with Crippen molar-refractivity contribution in [3.05, 3.63) is 52.8 Å². The number of hydrogen-bond acceptors (Lipinski definition) is 3. The minimum atomic E-state index is -0.465. The Hall–Kier alpha value is -2.01. The lowest BCUT2D eigenvalue weighted by Gasteiger charge is -2.05. The molecule has 0 bridgehead atoms. The molecule has 0 aliphatic carbocycles. The fraction of sp³-hybridized carbons (Fsp3) is 0.0833. The van der Waals surface area contributed by atoms with Crippen LogP contribution in [-0.4, -0.2) is 15.9 Å². The zero-order valence-corrected chi connectivity index (χ0v) is 10.2. The van der Waals surface area contributed by atoms with E-state index in [2.05, 4.69) is 15.3 Å². The second kappa shape index (κ2) is 5.10. The van der Waals surface area contributed by atoms with Crippen LogP contribution >= 0.6 is 11.6 Å². The second-order valence-electron chi connectivity index (χ2n) is 3.63. The average molecular weight is 266 g/mol. The lowest BCUT2D eigenvalue weighted by molar-refractivity contribution is 0.102. The summed E-state index contributed by atoms with van der Waals surface area (Å²) in [6.07, 6.45) is 0. The Balaban J connectivity index is 2.22. The first kappa shape index (κ1) is 12.4. The normalized spacial score (nSPS) is 10.2. The van der Waals surface area contributed by atoms with Gasteiger partial charge in [0, 0.05) is 11.4 Å². The van der Waals surface area contributed by atoms with E-state index in [1.54, 1.807) is 13.0 Å². The van der Waals surface area contributed by atoms with Crippen molar-refractivity contribution < 1.29 is 9.18 Å². The summed E-state index contributed by atoms with van der Waals surface area (Å²) in [5.41, 5.74) is 1.07. The van der Waals surface area contributed by atoms with Crippen molar-refractivity contribution >= 4 is 23.2 Å². The Morgan fingerprint density at radius 2 is 2.11 bits per heavy atom. The Kier molecular flexibility index (Phi) is 3.53. The van der Waals surface area contributed by atoms with Gasteiger partial charge in [0.15, 0.2) is 0 Å². The van der Waals surface area contributed by atoms with Crippen molar-refractivity contribution in [1.29, 1.82) is 0 Å². The van der Waals surface area contributed by atoms with Gasteiger partial charge in [-0.15, -0.1) is 0 Å². The standard InChI is InChI=1S/C12H9ClFN3O/c1-7-5-10(17-12(13)15-7)11(18)16-9-4-2-3-8(14)6-9/h2-6H,1H3,(H,16,18). The number of hydrogen-bond donors (Lipinski definition) is 1. The summed E-state index contributed by atoms with van der Waals surface area (Å²) in [7, 11) is 0. The van der Waals surface area contributed by atoms with Crippen molar-refractivity contribution in [3.8, 4) is 0 Å². The molecule has 1 aromatic heterocycles. The number of aryl methyl sites for hydroxylation is 1. The number of rotatable bonds is 2. The van der Waals surface area contributed by atoms with E-state index in [9.17, 15) is 9.18 Å². The summed E-state index contributed by atoms with van der Waals surface area (Å²) in [5.74, 6) is -0.891. The molecule has 0 aliphatic heterocycles. The van der Waals surface area contributed by atoms with E-state index in [0.29, 0.717) is 11.4 Å². The summed E-state index contributed by atoms with van der Waals surface area (Å²) >= 11 is 5.66. The molecule has 0 aliphatic rings. The van der Waals surface area contributed by atoms with Gasteiger partial charge >= 0.3 is 0 Å². The Morgan fingerprint density at radius 3 is 2.78 bits per heavy atom. The molecule has 0 radical (unpaired) electrons. The molecule has 0 unspecified atom stereocenters. The van der Waals surface area contributed by atoms with Crippen LogP contribution in [0.25, 0.3) is 0 Å². The minimum Gasteiger partial charge on any atom is -0.321 e. The molecule has 0 atom stereocenters. The van der Waals surface area contributed by atoms with Crippen LogP contribution in [0.1, 0.15) is 16.2 Å². The zero-order chi connectivity index (χ0) is 13.1. The smallest absolute Gasteiger partial charge is 0.274 e. The lowest BCUT2D eigenvalue weighted by atomic mass is 10.3. The molecule has 0 saturated carbocycles. The monoisotopic (exact) mass is 265 g/mol. The van der Waals surface area contributed by atoms with Crippen LogP contribution in [0.5, 0.6) is 0 Å². The molecule has 18 heavy (non-hydrogen) atoms. The van der Waals surface area contributed by atoms with Gasteiger partial charge in [0.2, 0.25) is 5.28 Å². The van der Waals surface area contributed by atoms with Gasteiger partial charge < -0.3 is 5.32 Å². The number of aromatic nitrogens is 2. The number of carbonyl (C=O) groups excluding carboxylic acids is 1. The largest absolute Gasteiger partial charge is 0.321 e.